The van der Waals surface area contributed by atoms with Crippen molar-refractivity contribution >= 4 is 17.6 Å². The molecule has 1 aromatic heterocycles. The van der Waals surface area contributed by atoms with Crippen LogP contribution >= 0.6 is 0 Å². The van der Waals surface area contributed by atoms with Crippen LogP contribution in [0.3, 0.4) is 0 Å². The van der Waals surface area contributed by atoms with Gasteiger partial charge < -0.3 is 24.6 Å². The molecule has 1 atom stereocenters. The first-order valence-electron chi connectivity index (χ1n) is 9.06. The molecule has 1 amide bonds. The van der Waals surface area contributed by atoms with Crippen LogP contribution in [0.4, 0.5) is 5.69 Å². The van der Waals surface area contributed by atoms with Crippen molar-refractivity contribution in [1.82, 2.24) is 4.98 Å². The summed E-state index contributed by atoms with van der Waals surface area (Å²) < 4.78 is 16.5. The molecule has 0 spiro atoms. The Morgan fingerprint density at radius 1 is 1.25 bits per heavy atom. The van der Waals surface area contributed by atoms with Crippen molar-refractivity contribution in [3.05, 3.63) is 48.2 Å². The number of amides is 1. The van der Waals surface area contributed by atoms with Crippen LogP contribution in [0.2, 0.25) is 0 Å². The Hall–Kier alpha value is -3.13. The van der Waals surface area contributed by atoms with E-state index in [2.05, 4.69) is 10.3 Å². The third-order valence-corrected chi connectivity index (χ3v) is 4.09. The van der Waals surface area contributed by atoms with E-state index in [1.54, 1.807) is 36.4 Å². The van der Waals surface area contributed by atoms with Crippen LogP contribution in [0.25, 0.3) is 0 Å². The molecule has 2 aromatic rings. The fourth-order valence-electron chi connectivity index (χ4n) is 2.64. The quantitative estimate of drug-likeness (QED) is 0.638. The summed E-state index contributed by atoms with van der Waals surface area (Å²) in [5.41, 5.74) is 1.06. The van der Waals surface area contributed by atoms with Gasteiger partial charge >= 0.3 is 5.97 Å². The Morgan fingerprint density at radius 3 is 2.79 bits per heavy atom. The van der Waals surface area contributed by atoms with Gasteiger partial charge in [0.2, 0.25) is 5.88 Å². The van der Waals surface area contributed by atoms with Gasteiger partial charge in [-0.3, -0.25) is 9.59 Å². The Balaban J connectivity index is 1.52. The minimum atomic E-state index is -0.845. The summed E-state index contributed by atoms with van der Waals surface area (Å²) >= 11 is 0. The average Bonchev–Trinajstić information content (AvgIpc) is 3.19. The standard InChI is InChI=1S/C20H22N2O6/c23-19(24)2-1-10-27-16-5-3-15(4-6-16)22-20(25)14-7-9-21-18(12-14)28-17-8-11-26-13-17/h3-7,9,12,17H,1-2,8,10-11,13H2,(H,22,25)(H,23,24). The van der Waals surface area contributed by atoms with Gasteiger partial charge in [0.05, 0.1) is 19.8 Å². The Kier molecular flexibility index (Phi) is 6.80. The minimum Gasteiger partial charge on any atom is -0.494 e. The first kappa shape index (κ1) is 19.6. The van der Waals surface area contributed by atoms with Crippen molar-refractivity contribution in [2.24, 2.45) is 0 Å². The summed E-state index contributed by atoms with van der Waals surface area (Å²) in [5.74, 6) is -0.108. The number of pyridine rings is 1. The molecular weight excluding hydrogens is 364 g/mol. The first-order chi connectivity index (χ1) is 13.6. The zero-order valence-corrected chi connectivity index (χ0v) is 15.3. The van der Waals surface area contributed by atoms with Gasteiger partial charge in [-0.1, -0.05) is 0 Å². The number of aromatic nitrogens is 1. The average molecular weight is 386 g/mol. The third kappa shape index (κ3) is 5.95. The molecule has 28 heavy (non-hydrogen) atoms. The molecule has 0 radical (unpaired) electrons. The van der Waals surface area contributed by atoms with E-state index < -0.39 is 5.97 Å². The van der Waals surface area contributed by atoms with Gasteiger partial charge in [-0.2, -0.15) is 0 Å². The molecule has 2 N–H and O–H groups in total. The van der Waals surface area contributed by atoms with Gasteiger partial charge in [-0.15, -0.1) is 0 Å². The van der Waals surface area contributed by atoms with Crippen molar-refractivity contribution in [3.63, 3.8) is 0 Å². The predicted molar refractivity (Wildman–Crippen MR) is 101 cm³/mol. The molecule has 8 nitrogen and oxygen atoms in total. The molecule has 1 saturated heterocycles. The summed E-state index contributed by atoms with van der Waals surface area (Å²) in [5, 5.41) is 11.4. The van der Waals surface area contributed by atoms with E-state index >= 15 is 0 Å². The van der Waals surface area contributed by atoms with E-state index in [0.29, 0.717) is 49.1 Å². The van der Waals surface area contributed by atoms with E-state index in [4.69, 9.17) is 19.3 Å². The fraction of sp³-hybridized carbons (Fsp3) is 0.350. The molecule has 148 valence electrons. The number of aliphatic carboxylic acids is 1. The van der Waals surface area contributed by atoms with Gasteiger partial charge in [0.1, 0.15) is 11.9 Å². The number of benzene rings is 1. The van der Waals surface area contributed by atoms with Gasteiger partial charge in [0, 0.05) is 36.4 Å². The summed E-state index contributed by atoms with van der Waals surface area (Å²) in [6.07, 6.45) is 2.82. The molecule has 1 aromatic carbocycles. The van der Waals surface area contributed by atoms with E-state index in [9.17, 15) is 9.59 Å². The van der Waals surface area contributed by atoms with Crippen molar-refractivity contribution in [2.45, 2.75) is 25.4 Å². The highest BCUT2D eigenvalue weighted by Gasteiger charge is 2.18. The topological polar surface area (TPSA) is 107 Å². The number of anilines is 1. The molecule has 1 fully saturated rings. The predicted octanol–water partition coefficient (Wildman–Crippen LogP) is 2.75. The summed E-state index contributed by atoms with van der Waals surface area (Å²) in [4.78, 5) is 27.1. The van der Waals surface area contributed by atoms with Crippen LogP contribution < -0.4 is 14.8 Å². The second kappa shape index (κ2) is 9.70. The Labute approximate surface area is 162 Å². The van der Waals surface area contributed by atoms with Crippen LogP contribution in [0, 0.1) is 0 Å². The van der Waals surface area contributed by atoms with Crippen LogP contribution in [0.5, 0.6) is 11.6 Å². The van der Waals surface area contributed by atoms with Crippen molar-refractivity contribution in [3.8, 4) is 11.6 Å². The number of ether oxygens (including phenoxy) is 3. The smallest absolute Gasteiger partial charge is 0.303 e. The molecule has 2 heterocycles. The summed E-state index contributed by atoms with van der Waals surface area (Å²) in [7, 11) is 0. The van der Waals surface area contributed by atoms with Crippen LogP contribution in [-0.4, -0.2) is 47.9 Å². The van der Waals surface area contributed by atoms with E-state index in [1.807, 2.05) is 0 Å². The summed E-state index contributed by atoms with van der Waals surface area (Å²) in [6, 6.07) is 10.1. The lowest BCUT2D eigenvalue weighted by Crippen LogP contribution is -2.17. The maximum absolute atomic E-state index is 12.5. The van der Waals surface area contributed by atoms with Crippen molar-refractivity contribution in [2.75, 3.05) is 25.1 Å². The molecule has 0 aliphatic carbocycles. The zero-order chi connectivity index (χ0) is 19.8. The number of rotatable bonds is 9. The SMILES string of the molecule is O=C(O)CCCOc1ccc(NC(=O)c2ccnc(OC3CCOC3)c2)cc1. The molecule has 0 bridgehead atoms. The molecule has 1 aliphatic heterocycles. The van der Waals surface area contributed by atoms with E-state index in [-0.39, 0.29) is 18.4 Å². The molecule has 3 rings (SSSR count). The Morgan fingerprint density at radius 2 is 2.07 bits per heavy atom. The van der Waals surface area contributed by atoms with Gasteiger partial charge in [0.25, 0.3) is 5.91 Å². The highest BCUT2D eigenvalue weighted by atomic mass is 16.5. The normalized spacial score (nSPS) is 15.8. The molecule has 8 heteroatoms. The number of carbonyl (C=O) groups is 2. The number of carboxylic acids is 1. The number of nitrogens with zero attached hydrogens (tertiary/aromatic N) is 1. The highest BCUT2D eigenvalue weighted by molar-refractivity contribution is 6.04. The van der Waals surface area contributed by atoms with Crippen LogP contribution in [0.15, 0.2) is 42.6 Å². The number of nitrogens with one attached hydrogen (secondary N) is 1. The van der Waals surface area contributed by atoms with E-state index in [0.717, 1.165) is 6.42 Å². The second-order valence-electron chi connectivity index (χ2n) is 6.31. The number of carboxylic acid groups (broad SMARTS) is 1. The van der Waals surface area contributed by atoms with Gasteiger partial charge in [0.15, 0.2) is 0 Å². The van der Waals surface area contributed by atoms with Gasteiger partial charge in [-0.25, -0.2) is 4.98 Å². The number of hydrogen-bond donors (Lipinski definition) is 2. The largest absolute Gasteiger partial charge is 0.494 e. The lowest BCUT2D eigenvalue weighted by molar-refractivity contribution is -0.137. The van der Waals surface area contributed by atoms with E-state index in [1.165, 1.54) is 6.20 Å². The zero-order valence-electron chi connectivity index (χ0n) is 15.3. The third-order valence-electron chi connectivity index (χ3n) is 4.09. The lowest BCUT2D eigenvalue weighted by atomic mass is 10.2. The minimum absolute atomic E-state index is 0.0335. The molecule has 1 unspecified atom stereocenters. The maximum atomic E-state index is 12.5. The molecule has 1 aliphatic rings. The number of carbonyl (C=O) groups excluding carboxylic acids is 1. The lowest BCUT2D eigenvalue weighted by Gasteiger charge is -2.12. The number of hydrogen-bond acceptors (Lipinski definition) is 6. The van der Waals surface area contributed by atoms with Crippen molar-refractivity contribution < 1.29 is 28.9 Å². The van der Waals surface area contributed by atoms with Crippen LogP contribution in [0.1, 0.15) is 29.6 Å². The second-order valence-corrected chi connectivity index (χ2v) is 6.31. The highest BCUT2D eigenvalue weighted by Crippen LogP contribution is 2.19. The summed E-state index contributed by atoms with van der Waals surface area (Å²) in [6.45, 7) is 1.52. The maximum Gasteiger partial charge on any atom is 0.303 e. The van der Waals surface area contributed by atoms with Crippen LogP contribution in [-0.2, 0) is 9.53 Å². The first-order valence-corrected chi connectivity index (χ1v) is 9.06. The Bertz CT molecular complexity index is 803. The van der Waals surface area contributed by atoms with Gasteiger partial charge in [-0.05, 0) is 36.8 Å². The fourth-order valence-corrected chi connectivity index (χ4v) is 2.64. The van der Waals surface area contributed by atoms with Crippen molar-refractivity contribution in [1.29, 1.82) is 0 Å². The monoisotopic (exact) mass is 386 g/mol. The molecule has 0 saturated carbocycles. The molecular formula is C20H22N2O6.